The van der Waals surface area contributed by atoms with Gasteiger partial charge in [0, 0.05) is 18.8 Å². The molecule has 1 atom stereocenters. The van der Waals surface area contributed by atoms with Gasteiger partial charge in [-0.2, -0.15) is 0 Å². The van der Waals surface area contributed by atoms with E-state index in [0.717, 1.165) is 0 Å². The van der Waals surface area contributed by atoms with E-state index in [1.807, 2.05) is 13.8 Å². The lowest BCUT2D eigenvalue weighted by atomic mass is 10.0. The van der Waals surface area contributed by atoms with Crippen molar-refractivity contribution < 1.29 is 18.7 Å². The standard InChI is InChI=1S/C16H23N3O4/c1-10(2)15-19-18-14(23-15)8-7-13(20)17-9-16(4,21)12-6-5-11(3)22-12/h5-6,10,21H,7-9H2,1-4H3,(H,17,20). The molecule has 2 aromatic heterocycles. The Balaban J connectivity index is 1.80. The van der Waals surface area contributed by atoms with E-state index in [-0.39, 0.29) is 24.8 Å². The third-order valence-corrected chi connectivity index (χ3v) is 3.44. The van der Waals surface area contributed by atoms with E-state index < -0.39 is 5.60 Å². The van der Waals surface area contributed by atoms with Gasteiger partial charge in [0.15, 0.2) is 0 Å². The third kappa shape index (κ3) is 4.66. The molecule has 0 saturated carbocycles. The molecule has 0 fully saturated rings. The molecule has 2 aromatic rings. The quantitative estimate of drug-likeness (QED) is 0.809. The Morgan fingerprint density at radius 3 is 2.65 bits per heavy atom. The van der Waals surface area contributed by atoms with Crippen LogP contribution in [0.4, 0.5) is 0 Å². The zero-order valence-electron chi connectivity index (χ0n) is 13.9. The largest absolute Gasteiger partial charge is 0.463 e. The first-order chi connectivity index (χ1) is 10.8. The Kier molecular flexibility index (Phi) is 5.20. The fourth-order valence-corrected chi connectivity index (χ4v) is 1.99. The number of hydrogen-bond acceptors (Lipinski definition) is 6. The molecule has 0 spiro atoms. The predicted molar refractivity (Wildman–Crippen MR) is 82.7 cm³/mol. The van der Waals surface area contributed by atoms with E-state index in [0.29, 0.717) is 29.7 Å². The van der Waals surface area contributed by atoms with Crippen molar-refractivity contribution in [1.82, 2.24) is 15.5 Å². The Hall–Kier alpha value is -2.15. The zero-order chi connectivity index (χ0) is 17.0. The van der Waals surface area contributed by atoms with Crippen molar-refractivity contribution in [1.29, 1.82) is 0 Å². The summed E-state index contributed by atoms with van der Waals surface area (Å²) >= 11 is 0. The fourth-order valence-electron chi connectivity index (χ4n) is 1.99. The second-order valence-electron chi connectivity index (χ2n) is 6.15. The molecular formula is C16H23N3O4. The molecule has 2 N–H and O–H groups in total. The number of rotatable bonds is 7. The number of carbonyl (C=O) groups excluding carboxylic acids is 1. The molecule has 1 amide bonds. The third-order valence-electron chi connectivity index (χ3n) is 3.44. The van der Waals surface area contributed by atoms with Crippen LogP contribution in [-0.2, 0) is 16.8 Å². The van der Waals surface area contributed by atoms with Crippen molar-refractivity contribution in [2.24, 2.45) is 0 Å². The van der Waals surface area contributed by atoms with Gasteiger partial charge in [0.25, 0.3) is 0 Å². The molecular weight excluding hydrogens is 298 g/mol. The van der Waals surface area contributed by atoms with E-state index in [1.54, 1.807) is 26.0 Å². The minimum absolute atomic E-state index is 0.0693. The van der Waals surface area contributed by atoms with Gasteiger partial charge in [0.2, 0.25) is 17.7 Å². The molecule has 0 aliphatic carbocycles. The van der Waals surface area contributed by atoms with Crippen molar-refractivity contribution in [2.45, 2.75) is 52.1 Å². The number of aliphatic hydroxyl groups is 1. The van der Waals surface area contributed by atoms with Gasteiger partial charge in [-0.25, -0.2) is 0 Å². The maximum absolute atomic E-state index is 11.9. The van der Waals surface area contributed by atoms with Gasteiger partial charge in [0.05, 0.1) is 6.54 Å². The second-order valence-corrected chi connectivity index (χ2v) is 6.15. The lowest BCUT2D eigenvalue weighted by Gasteiger charge is -2.21. The molecule has 0 aliphatic rings. The first kappa shape index (κ1) is 17.2. The first-order valence-electron chi connectivity index (χ1n) is 7.66. The summed E-state index contributed by atoms with van der Waals surface area (Å²) in [5.74, 6) is 2.11. The van der Waals surface area contributed by atoms with Crippen LogP contribution in [0.3, 0.4) is 0 Å². The summed E-state index contributed by atoms with van der Waals surface area (Å²) in [7, 11) is 0. The topological polar surface area (TPSA) is 101 Å². The molecule has 126 valence electrons. The molecule has 23 heavy (non-hydrogen) atoms. The maximum Gasteiger partial charge on any atom is 0.220 e. The minimum atomic E-state index is -1.25. The molecule has 0 radical (unpaired) electrons. The van der Waals surface area contributed by atoms with E-state index in [9.17, 15) is 9.90 Å². The molecule has 2 rings (SSSR count). The Bertz CT molecular complexity index is 658. The van der Waals surface area contributed by atoms with Crippen LogP contribution < -0.4 is 5.32 Å². The van der Waals surface area contributed by atoms with Crippen LogP contribution in [0.1, 0.15) is 56.4 Å². The smallest absolute Gasteiger partial charge is 0.220 e. The summed E-state index contributed by atoms with van der Waals surface area (Å²) < 4.78 is 10.8. The molecule has 1 unspecified atom stereocenters. The van der Waals surface area contributed by atoms with Gasteiger partial charge in [-0.15, -0.1) is 10.2 Å². The molecule has 0 aromatic carbocycles. The van der Waals surface area contributed by atoms with Gasteiger partial charge in [-0.05, 0) is 26.0 Å². The summed E-state index contributed by atoms with van der Waals surface area (Å²) in [6.45, 7) is 7.39. The van der Waals surface area contributed by atoms with Crippen LogP contribution in [0.5, 0.6) is 0 Å². The normalized spacial score (nSPS) is 14.0. The van der Waals surface area contributed by atoms with E-state index in [1.165, 1.54) is 0 Å². The molecule has 0 aliphatic heterocycles. The average Bonchev–Trinajstić information content (AvgIpc) is 3.12. The van der Waals surface area contributed by atoms with Crippen molar-refractivity contribution in [3.8, 4) is 0 Å². The highest BCUT2D eigenvalue weighted by molar-refractivity contribution is 5.76. The highest BCUT2D eigenvalue weighted by Crippen LogP contribution is 2.22. The number of aryl methyl sites for hydroxylation is 2. The molecule has 2 heterocycles. The highest BCUT2D eigenvalue weighted by Gasteiger charge is 2.27. The van der Waals surface area contributed by atoms with Crippen LogP contribution in [0.25, 0.3) is 0 Å². The van der Waals surface area contributed by atoms with Crippen molar-refractivity contribution in [2.75, 3.05) is 6.54 Å². The molecule has 0 saturated heterocycles. The Morgan fingerprint density at radius 1 is 1.35 bits per heavy atom. The number of nitrogens with zero attached hydrogens (tertiary/aromatic N) is 2. The number of hydrogen-bond donors (Lipinski definition) is 2. The fraction of sp³-hybridized carbons (Fsp3) is 0.562. The van der Waals surface area contributed by atoms with Gasteiger partial charge in [0.1, 0.15) is 17.1 Å². The van der Waals surface area contributed by atoms with Crippen LogP contribution >= 0.6 is 0 Å². The summed E-state index contributed by atoms with van der Waals surface area (Å²) in [6, 6.07) is 3.47. The van der Waals surface area contributed by atoms with Crippen LogP contribution in [0.15, 0.2) is 21.0 Å². The highest BCUT2D eigenvalue weighted by atomic mass is 16.4. The van der Waals surface area contributed by atoms with Gasteiger partial charge in [-0.3, -0.25) is 4.79 Å². The molecule has 7 nitrogen and oxygen atoms in total. The van der Waals surface area contributed by atoms with Gasteiger partial charge in [-0.1, -0.05) is 13.8 Å². The zero-order valence-corrected chi connectivity index (χ0v) is 13.9. The van der Waals surface area contributed by atoms with Crippen LogP contribution in [0.2, 0.25) is 0 Å². The van der Waals surface area contributed by atoms with Crippen LogP contribution in [-0.4, -0.2) is 27.8 Å². The van der Waals surface area contributed by atoms with Crippen LogP contribution in [0, 0.1) is 6.92 Å². The SMILES string of the molecule is Cc1ccc(C(C)(O)CNC(=O)CCc2nnc(C(C)C)o2)o1. The summed E-state index contributed by atoms with van der Waals surface area (Å²) in [5.41, 5.74) is -1.25. The number of carbonyl (C=O) groups is 1. The van der Waals surface area contributed by atoms with Crippen molar-refractivity contribution in [3.05, 3.63) is 35.4 Å². The Morgan fingerprint density at radius 2 is 2.09 bits per heavy atom. The summed E-state index contributed by atoms with van der Waals surface area (Å²) in [5, 5.41) is 20.9. The summed E-state index contributed by atoms with van der Waals surface area (Å²) in [6.07, 6.45) is 0.584. The predicted octanol–water partition coefficient (Wildman–Crippen LogP) is 2.05. The number of furan rings is 1. The van der Waals surface area contributed by atoms with Gasteiger partial charge < -0.3 is 19.3 Å². The van der Waals surface area contributed by atoms with E-state index >= 15 is 0 Å². The molecule has 7 heteroatoms. The minimum Gasteiger partial charge on any atom is -0.463 e. The first-order valence-corrected chi connectivity index (χ1v) is 7.66. The molecule has 0 bridgehead atoms. The average molecular weight is 321 g/mol. The number of amides is 1. The lowest BCUT2D eigenvalue weighted by molar-refractivity contribution is -0.122. The van der Waals surface area contributed by atoms with E-state index in [2.05, 4.69) is 15.5 Å². The number of aromatic nitrogens is 2. The van der Waals surface area contributed by atoms with E-state index in [4.69, 9.17) is 8.83 Å². The monoisotopic (exact) mass is 321 g/mol. The second kappa shape index (κ2) is 6.95. The lowest BCUT2D eigenvalue weighted by Crippen LogP contribution is -2.38. The maximum atomic E-state index is 11.9. The number of nitrogens with one attached hydrogen (secondary N) is 1. The van der Waals surface area contributed by atoms with Gasteiger partial charge >= 0.3 is 0 Å². The Labute approximate surface area is 135 Å². The summed E-state index contributed by atoms with van der Waals surface area (Å²) in [4.78, 5) is 11.9. The van der Waals surface area contributed by atoms with Crippen molar-refractivity contribution in [3.63, 3.8) is 0 Å². The van der Waals surface area contributed by atoms with Crippen molar-refractivity contribution >= 4 is 5.91 Å².